The zero-order valence-electron chi connectivity index (χ0n) is 7.13. The Morgan fingerprint density at radius 2 is 2.00 bits per heavy atom. The Morgan fingerprint density at radius 1 is 1.25 bits per heavy atom. The van der Waals surface area contributed by atoms with E-state index in [1.54, 1.807) is 13.0 Å². The molecule has 0 saturated carbocycles. The van der Waals surface area contributed by atoms with E-state index >= 15 is 0 Å². The predicted molar refractivity (Wildman–Crippen MR) is 47.9 cm³/mol. The maximum atomic E-state index is 13.3. The largest absolute Gasteiger partial charge is 0.184 e. The minimum Gasteiger partial charge on any atom is -0.184 e. The number of halogens is 1. The zero-order valence-corrected chi connectivity index (χ0v) is 7.13. The van der Waals surface area contributed by atoms with Crippen LogP contribution >= 0.6 is 0 Å². The first-order valence-corrected chi connectivity index (χ1v) is 3.94. The normalized spacial score (nSPS) is 10.9. The van der Waals surface area contributed by atoms with Gasteiger partial charge in [0.15, 0.2) is 0 Å². The van der Waals surface area contributed by atoms with E-state index < -0.39 is 0 Å². The van der Waals surface area contributed by atoms with Gasteiger partial charge in [0.1, 0.15) is 0 Å². The van der Waals surface area contributed by atoms with Gasteiger partial charge in [0, 0.05) is 11.1 Å². The Hall–Kier alpha value is -1.31. The Balaban J connectivity index is 2.95. The lowest BCUT2D eigenvalue weighted by Crippen LogP contribution is -1.82. The van der Waals surface area contributed by atoms with Gasteiger partial charge in [-0.05, 0) is 31.5 Å². The zero-order chi connectivity index (χ0) is 8.72. The van der Waals surface area contributed by atoms with Gasteiger partial charge in [-0.15, -0.1) is 0 Å². The van der Waals surface area contributed by atoms with Crippen molar-refractivity contribution in [3.8, 4) is 0 Å². The molecule has 1 aromatic carbocycles. The van der Waals surface area contributed by atoms with Gasteiger partial charge in [0.25, 0.3) is 0 Å². The lowest BCUT2D eigenvalue weighted by molar-refractivity contribution is 0.377. The van der Waals surface area contributed by atoms with Crippen LogP contribution in [0.1, 0.15) is 11.3 Å². The fourth-order valence-corrected chi connectivity index (χ4v) is 1.48. The molecule has 2 heteroatoms. The molecule has 0 spiro atoms. The third-order valence-corrected chi connectivity index (χ3v) is 2.18. The molecule has 0 atom stereocenters. The topological polar surface area (TPSA) is 4.93 Å². The number of nitrogens with zero attached hydrogens (tertiary/aromatic N) is 1. The summed E-state index contributed by atoms with van der Waals surface area (Å²) < 4.78 is 13.3. The Kier molecular flexibility index (Phi) is 1.43. The van der Waals surface area contributed by atoms with Crippen LogP contribution in [0.2, 0.25) is 0 Å². The van der Waals surface area contributed by atoms with Crippen molar-refractivity contribution in [1.82, 2.24) is 4.79 Å². The molecule has 2 rings (SSSR count). The van der Waals surface area contributed by atoms with E-state index in [0.29, 0.717) is 11.2 Å². The molecule has 1 heterocycles. The summed E-state index contributed by atoms with van der Waals surface area (Å²) in [6.45, 7) is 3.75. The van der Waals surface area contributed by atoms with Crippen molar-refractivity contribution in [1.29, 1.82) is 0 Å². The first-order valence-electron chi connectivity index (χ1n) is 3.94. The summed E-state index contributed by atoms with van der Waals surface area (Å²) >= 11 is 0. The van der Waals surface area contributed by atoms with Crippen molar-refractivity contribution < 1.29 is 4.48 Å². The summed E-state index contributed by atoms with van der Waals surface area (Å²) in [6.07, 6.45) is 0. The second-order valence-electron chi connectivity index (χ2n) is 3.07. The standard InChI is InChI=1S/C10H10FN/c1-7-4-3-5-10-9(7)6-8(2)12(10)11/h3-6H,1-2H3. The molecular weight excluding hydrogens is 153 g/mol. The van der Waals surface area contributed by atoms with Crippen LogP contribution in [-0.4, -0.2) is 4.79 Å². The number of benzene rings is 1. The minimum atomic E-state index is 0.652. The van der Waals surface area contributed by atoms with Gasteiger partial charge < -0.3 is 0 Å². The van der Waals surface area contributed by atoms with Crippen molar-refractivity contribution in [2.24, 2.45) is 0 Å². The third kappa shape index (κ3) is 0.843. The molecule has 0 radical (unpaired) electrons. The van der Waals surface area contributed by atoms with Crippen LogP contribution in [0.3, 0.4) is 0 Å². The molecule has 0 bridgehead atoms. The summed E-state index contributed by atoms with van der Waals surface area (Å²) in [7, 11) is 0. The van der Waals surface area contributed by atoms with Gasteiger partial charge in [0.2, 0.25) is 0 Å². The van der Waals surface area contributed by atoms with Crippen LogP contribution in [0.15, 0.2) is 24.3 Å². The highest BCUT2D eigenvalue weighted by atomic mass is 19.2. The molecule has 62 valence electrons. The van der Waals surface area contributed by atoms with E-state index in [4.69, 9.17) is 0 Å². The number of aryl methyl sites for hydroxylation is 2. The summed E-state index contributed by atoms with van der Waals surface area (Å²) in [6, 6.07) is 7.51. The molecule has 0 saturated heterocycles. The highest BCUT2D eigenvalue weighted by Gasteiger charge is 2.05. The summed E-state index contributed by atoms with van der Waals surface area (Å²) in [5.41, 5.74) is 2.43. The molecule has 0 unspecified atom stereocenters. The Bertz CT molecular complexity index is 429. The highest BCUT2D eigenvalue weighted by molar-refractivity contribution is 5.84. The first-order chi connectivity index (χ1) is 5.70. The average molecular weight is 163 g/mol. The van der Waals surface area contributed by atoms with Gasteiger partial charge in [-0.3, -0.25) is 0 Å². The molecule has 1 aromatic heterocycles. The number of fused-ring (bicyclic) bond motifs is 1. The SMILES string of the molecule is Cc1cccc2c1cc(C)n2F. The average Bonchev–Trinajstić information content (AvgIpc) is 2.32. The van der Waals surface area contributed by atoms with Gasteiger partial charge >= 0.3 is 0 Å². The lowest BCUT2D eigenvalue weighted by atomic mass is 10.1. The van der Waals surface area contributed by atoms with Crippen LogP contribution in [0.5, 0.6) is 0 Å². The molecule has 0 fully saturated rings. The second kappa shape index (κ2) is 2.34. The molecule has 0 aliphatic carbocycles. The molecule has 0 aliphatic rings. The van der Waals surface area contributed by atoms with E-state index in [-0.39, 0.29) is 0 Å². The van der Waals surface area contributed by atoms with Crippen LogP contribution in [-0.2, 0) is 0 Å². The fraction of sp³-hybridized carbons (Fsp3) is 0.200. The Labute approximate surface area is 70.4 Å². The van der Waals surface area contributed by atoms with Gasteiger partial charge in [-0.25, -0.2) is 0 Å². The number of aromatic nitrogens is 1. The minimum absolute atomic E-state index is 0.652. The predicted octanol–water partition coefficient (Wildman–Crippen LogP) is 2.99. The lowest BCUT2D eigenvalue weighted by Gasteiger charge is -1.94. The van der Waals surface area contributed by atoms with E-state index in [2.05, 4.69) is 0 Å². The summed E-state index contributed by atoms with van der Waals surface area (Å²) in [4.78, 5) is 0.725. The quantitative estimate of drug-likeness (QED) is 0.562. The van der Waals surface area contributed by atoms with Gasteiger partial charge in [0.05, 0.1) is 5.52 Å². The molecule has 12 heavy (non-hydrogen) atoms. The Morgan fingerprint density at radius 3 is 2.67 bits per heavy atom. The maximum absolute atomic E-state index is 13.3. The van der Waals surface area contributed by atoms with Crippen LogP contribution in [0.25, 0.3) is 10.9 Å². The summed E-state index contributed by atoms with van der Waals surface area (Å²) in [5.74, 6) is 0. The van der Waals surface area contributed by atoms with Crippen molar-refractivity contribution in [3.05, 3.63) is 35.5 Å². The second-order valence-corrected chi connectivity index (χ2v) is 3.07. The van der Waals surface area contributed by atoms with Crippen molar-refractivity contribution in [2.75, 3.05) is 0 Å². The number of hydrogen-bond acceptors (Lipinski definition) is 0. The molecule has 0 aliphatic heterocycles. The van der Waals surface area contributed by atoms with Crippen LogP contribution < -0.4 is 0 Å². The van der Waals surface area contributed by atoms with E-state index in [1.807, 2.05) is 25.1 Å². The highest BCUT2D eigenvalue weighted by Crippen LogP contribution is 2.22. The smallest absolute Gasteiger partial charge is 0.0818 e. The van der Waals surface area contributed by atoms with Crippen molar-refractivity contribution in [2.45, 2.75) is 13.8 Å². The number of hydrogen-bond donors (Lipinski definition) is 0. The molecule has 0 N–H and O–H groups in total. The summed E-state index contributed by atoms with van der Waals surface area (Å²) in [5, 5.41) is 0.998. The van der Waals surface area contributed by atoms with Crippen LogP contribution in [0, 0.1) is 13.8 Å². The molecule has 0 amide bonds. The van der Waals surface area contributed by atoms with E-state index in [1.165, 1.54) is 0 Å². The molecule has 1 nitrogen and oxygen atoms in total. The van der Waals surface area contributed by atoms with E-state index in [9.17, 15) is 4.48 Å². The molecular formula is C10H10FN. The first kappa shape index (κ1) is 7.35. The van der Waals surface area contributed by atoms with Gasteiger partial charge in [-0.1, -0.05) is 16.6 Å². The third-order valence-electron chi connectivity index (χ3n) is 2.18. The van der Waals surface area contributed by atoms with Crippen molar-refractivity contribution >= 4 is 10.9 Å². The maximum Gasteiger partial charge on any atom is 0.0818 e. The fourth-order valence-electron chi connectivity index (χ4n) is 1.48. The monoisotopic (exact) mass is 163 g/mol. The van der Waals surface area contributed by atoms with Crippen LogP contribution in [0.4, 0.5) is 4.48 Å². The molecule has 2 aromatic rings. The number of rotatable bonds is 0. The van der Waals surface area contributed by atoms with Crippen molar-refractivity contribution in [3.63, 3.8) is 0 Å². The van der Waals surface area contributed by atoms with Gasteiger partial charge in [-0.2, -0.15) is 4.79 Å². The van der Waals surface area contributed by atoms with E-state index in [0.717, 1.165) is 15.7 Å².